The van der Waals surface area contributed by atoms with Crippen LogP contribution in [-0.4, -0.2) is 31.1 Å². The minimum absolute atomic E-state index is 0.0387. The summed E-state index contributed by atoms with van der Waals surface area (Å²) in [5.41, 5.74) is 0.103. The Bertz CT molecular complexity index is 1140. The molecule has 0 radical (unpaired) electrons. The number of benzene rings is 3. The summed E-state index contributed by atoms with van der Waals surface area (Å²) in [5.74, 6) is -0.309. The molecule has 6 heteroatoms. The van der Waals surface area contributed by atoms with Crippen LogP contribution < -0.4 is 4.74 Å². The maximum absolute atomic E-state index is 11.7. The highest BCUT2D eigenvalue weighted by Gasteiger charge is 2.45. The van der Waals surface area contributed by atoms with Crippen LogP contribution in [0.25, 0.3) is 10.8 Å². The van der Waals surface area contributed by atoms with Crippen LogP contribution in [0.15, 0.2) is 36.4 Å². The molecule has 0 fully saturated rings. The van der Waals surface area contributed by atoms with Crippen LogP contribution >= 0.6 is 0 Å². The Morgan fingerprint density at radius 2 is 1.65 bits per heavy atom. The number of fused-ring (bicyclic) bond motifs is 2. The van der Waals surface area contributed by atoms with E-state index in [1.807, 2.05) is 19.9 Å². The van der Waals surface area contributed by atoms with Crippen molar-refractivity contribution in [2.45, 2.75) is 57.7 Å². The van der Waals surface area contributed by atoms with Crippen LogP contribution in [0, 0.1) is 0 Å². The molecule has 0 saturated carbocycles. The fourth-order valence-electron chi connectivity index (χ4n) is 4.72. The molecule has 1 aliphatic rings. The molecule has 5 N–H and O–H groups in total. The number of phenols is 4. The van der Waals surface area contributed by atoms with Crippen LogP contribution in [0.2, 0.25) is 0 Å². The number of aliphatic hydroxyl groups is 1. The minimum Gasteiger partial charge on any atom is -0.507 e. The van der Waals surface area contributed by atoms with Crippen molar-refractivity contribution in [3.63, 3.8) is 0 Å². The van der Waals surface area contributed by atoms with Crippen LogP contribution in [0.4, 0.5) is 0 Å². The lowest BCUT2D eigenvalue weighted by molar-refractivity contribution is -0.0822. The summed E-state index contributed by atoms with van der Waals surface area (Å²) in [6, 6.07) is 9.96. The van der Waals surface area contributed by atoms with Crippen molar-refractivity contribution in [3.05, 3.63) is 53.1 Å². The average molecular weight is 424 g/mol. The second-order valence-electron chi connectivity index (χ2n) is 8.36. The normalized spacial score (nSPS) is 20.4. The predicted octanol–water partition coefficient (Wildman–Crippen LogP) is 4.82. The van der Waals surface area contributed by atoms with Gasteiger partial charge in [-0.05, 0) is 24.3 Å². The van der Waals surface area contributed by atoms with E-state index in [0.29, 0.717) is 52.5 Å². The Hall–Kier alpha value is -3.12. The van der Waals surface area contributed by atoms with E-state index in [-0.39, 0.29) is 29.4 Å². The Labute approximate surface area is 181 Å². The number of phenolic OH excluding ortho intramolecular Hbond substituents is 4. The lowest BCUT2D eigenvalue weighted by atomic mass is 9.77. The number of hydrogen-bond donors (Lipinski definition) is 5. The van der Waals surface area contributed by atoms with Gasteiger partial charge in [0.15, 0.2) is 17.6 Å². The van der Waals surface area contributed by atoms with E-state index >= 15 is 0 Å². The first-order valence-electron chi connectivity index (χ1n) is 10.7. The van der Waals surface area contributed by atoms with Crippen molar-refractivity contribution in [1.29, 1.82) is 0 Å². The lowest BCUT2D eigenvalue weighted by Gasteiger charge is -2.42. The third-order valence-electron chi connectivity index (χ3n) is 6.16. The van der Waals surface area contributed by atoms with Gasteiger partial charge in [0.2, 0.25) is 0 Å². The number of rotatable bonds is 5. The first-order valence-corrected chi connectivity index (χ1v) is 10.7. The molecule has 3 aromatic rings. The van der Waals surface area contributed by atoms with Crippen molar-refractivity contribution in [2.24, 2.45) is 0 Å². The van der Waals surface area contributed by atoms with E-state index in [0.717, 1.165) is 6.42 Å². The van der Waals surface area contributed by atoms with Gasteiger partial charge in [-0.15, -0.1) is 0 Å². The fraction of sp³-hybridized carbons (Fsp3) is 0.360. The summed E-state index contributed by atoms with van der Waals surface area (Å²) in [4.78, 5) is 0. The molecular weight excluding hydrogens is 396 g/mol. The molecule has 0 aliphatic carbocycles. The van der Waals surface area contributed by atoms with E-state index in [1.54, 1.807) is 18.2 Å². The third-order valence-corrected chi connectivity index (χ3v) is 6.16. The molecule has 31 heavy (non-hydrogen) atoms. The Balaban J connectivity index is 1.92. The molecule has 2 atom stereocenters. The molecule has 0 aromatic heterocycles. The van der Waals surface area contributed by atoms with E-state index in [4.69, 9.17) is 4.74 Å². The van der Waals surface area contributed by atoms with Gasteiger partial charge in [0.05, 0.1) is 0 Å². The largest absolute Gasteiger partial charge is 0.507 e. The summed E-state index contributed by atoms with van der Waals surface area (Å²) in [5, 5.41) is 54.8. The van der Waals surface area contributed by atoms with Gasteiger partial charge in [-0.2, -0.15) is 0 Å². The molecule has 164 valence electrons. The molecule has 6 nitrogen and oxygen atoms in total. The molecule has 0 unspecified atom stereocenters. The first-order chi connectivity index (χ1) is 14.8. The molecule has 1 aliphatic heterocycles. The molecular formula is C25H28O6. The van der Waals surface area contributed by atoms with Crippen molar-refractivity contribution in [2.75, 3.05) is 0 Å². The van der Waals surface area contributed by atoms with E-state index in [2.05, 4.69) is 0 Å². The molecule has 0 saturated heterocycles. The van der Waals surface area contributed by atoms with Gasteiger partial charge >= 0.3 is 0 Å². The molecule has 1 heterocycles. The van der Waals surface area contributed by atoms with Gasteiger partial charge in [-0.25, -0.2) is 0 Å². The zero-order valence-electron chi connectivity index (χ0n) is 17.7. The van der Waals surface area contributed by atoms with Gasteiger partial charge in [0, 0.05) is 34.6 Å². The van der Waals surface area contributed by atoms with Gasteiger partial charge < -0.3 is 30.3 Å². The summed E-state index contributed by atoms with van der Waals surface area (Å²) < 4.78 is 6.22. The summed E-state index contributed by atoms with van der Waals surface area (Å²) in [7, 11) is 0. The summed E-state index contributed by atoms with van der Waals surface area (Å²) in [6.07, 6.45) is 1.61. The second-order valence-corrected chi connectivity index (χ2v) is 8.36. The zero-order chi connectivity index (χ0) is 22.3. The quantitative estimate of drug-likeness (QED) is 0.376. The Morgan fingerprint density at radius 3 is 2.32 bits per heavy atom. The fourth-order valence-corrected chi connectivity index (χ4v) is 4.72. The zero-order valence-corrected chi connectivity index (χ0v) is 17.7. The predicted molar refractivity (Wildman–Crippen MR) is 118 cm³/mol. The minimum atomic E-state index is -1.36. The van der Waals surface area contributed by atoms with Gasteiger partial charge in [0.25, 0.3) is 0 Å². The highest BCUT2D eigenvalue weighted by Crippen LogP contribution is 2.51. The topological polar surface area (TPSA) is 110 Å². The SMILES string of the molecule is CCCc1c(O)cc2c(c1O)C[C@](O)(CCC)[C@H](c1cc(O)c(O)c3ccccc13)O2. The van der Waals surface area contributed by atoms with Crippen molar-refractivity contribution < 1.29 is 30.3 Å². The van der Waals surface area contributed by atoms with Gasteiger partial charge in [0.1, 0.15) is 22.8 Å². The Morgan fingerprint density at radius 1 is 0.935 bits per heavy atom. The first kappa shape index (κ1) is 21.1. The molecule has 0 bridgehead atoms. The molecule has 0 amide bonds. The summed E-state index contributed by atoms with van der Waals surface area (Å²) in [6.45, 7) is 3.91. The second kappa shape index (κ2) is 7.85. The van der Waals surface area contributed by atoms with Crippen LogP contribution in [-0.2, 0) is 12.8 Å². The highest BCUT2D eigenvalue weighted by atomic mass is 16.5. The van der Waals surface area contributed by atoms with Crippen molar-refractivity contribution in [1.82, 2.24) is 0 Å². The average Bonchev–Trinajstić information content (AvgIpc) is 2.74. The number of ether oxygens (including phenoxy) is 1. The highest BCUT2D eigenvalue weighted by molar-refractivity contribution is 5.93. The standard InChI is InChI=1S/C25H28O6/c1-3-7-16-19(26)12-21-18(22(16)28)13-25(30,10-4-2)24(31-21)17-11-20(27)23(29)15-9-6-5-8-14(15)17/h5-6,8-9,11-12,24,26-30H,3-4,7,10,13H2,1-2H3/t24-,25+/m0/s1. The van der Waals surface area contributed by atoms with Crippen molar-refractivity contribution >= 4 is 10.8 Å². The maximum atomic E-state index is 11.7. The van der Waals surface area contributed by atoms with Crippen molar-refractivity contribution in [3.8, 4) is 28.7 Å². The van der Waals surface area contributed by atoms with Gasteiger partial charge in [-0.3, -0.25) is 0 Å². The molecule has 0 spiro atoms. The third kappa shape index (κ3) is 3.41. The van der Waals surface area contributed by atoms with Crippen LogP contribution in [0.1, 0.15) is 55.9 Å². The lowest BCUT2D eigenvalue weighted by Crippen LogP contribution is -2.44. The van der Waals surface area contributed by atoms with E-state index < -0.39 is 11.7 Å². The molecule has 3 aromatic carbocycles. The Kier molecular flexibility index (Phi) is 5.35. The van der Waals surface area contributed by atoms with Crippen LogP contribution in [0.3, 0.4) is 0 Å². The van der Waals surface area contributed by atoms with Crippen LogP contribution in [0.5, 0.6) is 28.7 Å². The van der Waals surface area contributed by atoms with Gasteiger partial charge in [-0.1, -0.05) is 51.0 Å². The van der Waals surface area contributed by atoms with E-state index in [1.165, 1.54) is 12.1 Å². The molecule has 4 rings (SSSR count). The maximum Gasteiger partial charge on any atom is 0.165 e. The summed E-state index contributed by atoms with van der Waals surface area (Å²) >= 11 is 0. The number of hydrogen-bond acceptors (Lipinski definition) is 6. The number of aromatic hydroxyl groups is 4. The van der Waals surface area contributed by atoms with E-state index in [9.17, 15) is 25.5 Å². The smallest absolute Gasteiger partial charge is 0.165 e. The monoisotopic (exact) mass is 424 g/mol.